The standard InChI is InChI=1S/C14H16FN3/c1-18(9-11-4-3-7-17-8-11)10-12-13(15)5-2-6-14(12)16/h2-8H,9-10,16H2,1H3. The first-order valence-electron chi connectivity index (χ1n) is 5.77. The molecule has 0 fully saturated rings. The summed E-state index contributed by atoms with van der Waals surface area (Å²) in [6.07, 6.45) is 3.54. The number of hydrogen-bond donors (Lipinski definition) is 1. The van der Waals surface area contributed by atoms with Gasteiger partial charge in [0.1, 0.15) is 5.82 Å². The van der Waals surface area contributed by atoms with Crippen LogP contribution in [0.5, 0.6) is 0 Å². The molecular weight excluding hydrogens is 229 g/mol. The first-order chi connectivity index (χ1) is 8.66. The van der Waals surface area contributed by atoms with Crippen LogP contribution in [0.3, 0.4) is 0 Å². The van der Waals surface area contributed by atoms with Crippen molar-refractivity contribution in [2.45, 2.75) is 13.1 Å². The highest BCUT2D eigenvalue weighted by atomic mass is 19.1. The fraction of sp³-hybridized carbons (Fsp3) is 0.214. The normalized spacial score (nSPS) is 10.8. The molecule has 1 heterocycles. The van der Waals surface area contributed by atoms with E-state index in [4.69, 9.17) is 5.73 Å². The predicted octanol–water partition coefficient (Wildman–Crippen LogP) is 2.43. The molecule has 18 heavy (non-hydrogen) atoms. The van der Waals surface area contributed by atoms with Gasteiger partial charge in [-0.3, -0.25) is 9.88 Å². The Kier molecular flexibility index (Phi) is 3.89. The van der Waals surface area contributed by atoms with Crippen LogP contribution < -0.4 is 5.73 Å². The minimum atomic E-state index is -0.256. The summed E-state index contributed by atoms with van der Waals surface area (Å²) < 4.78 is 13.6. The smallest absolute Gasteiger partial charge is 0.129 e. The number of aromatic nitrogens is 1. The molecule has 0 aliphatic carbocycles. The van der Waals surface area contributed by atoms with Gasteiger partial charge < -0.3 is 5.73 Å². The molecule has 94 valence electrons. The molecule has 0 bridgehead atoms. The van der Waals surface area contributed by atoms with E-state index >= 15 is 0 Å². The van der Waals surface area contributed by atoms with Crippen LogP contribution in [0, 0.1) is 5.82 Å². The van der Waals surface area contributed by atoms with Gasteiger partial charge in [-0.1, -0.05) is 12.1 Å². The van der Waals surface area contributed by atoms with Crippen molar-refractivity contribution < 1.29 is 4.39 Å². The number of nitrogen functional groups attached to an aromatic ring is 1. The zero-order valence-electron chi connectivity index (χ0n) is 10.3. The molecule has 2 N–H and O–H groups in total. The molecule has 0 aliphatic heterocycles. The molecule has 0 saturated carbocycles. The summed E-state index contributed by atoms with van der Waals surface area (Å²) >= 11 is 0. The van der Waals surface area contributed by atoms with Crippen LogP contribution in [-0.4, -0.2) is 16.9 Å². The van der Waals surface area contributed by atoms with Crippen molar-refractivity contribution in [2.24, 2.45) is 0 Å². The minimum absolute atomic E-state index is 0.256. The Balaban J connectivity index is 2.06. The van der Waals surface area contributed by atoms with E-state index in [0.29, 0.717) is 24.3 Å². The molecule has 4 heteroatoms. The lowest BCUT2D eigenvalue weighted by Crippen LogP contribution is -2.19. The Morgan fingerprint density at radius 3 is 2.72 bits per heavy atom. The lowest BCUT2D eigenvalue weighted by Gasteiger charge is -2.18. The van der Waals surface area contributed by atoms with Crippen molar-refractivity contribution >= 4 is 5.69 Å². The molecule has 2 rings (SSSR count). The van der Waals surface area contributed by atoms with Gasteiger partial charge in [-0.2, -0.15) is 0 Å². The molecule has 1 aromatic heterocycles. The van der Waals surface area contributed by atoms with Crippen molar-refractivity contribution in [3.8, 4) is 0 Å². The molecule has 0 amide bonds. The van der Waals surface area contributed by atoms with Crippen LogP contribution in [0.25, 0.3) is 0 Å². The topological polar surface area (TPSA) is 42.2 Å². The van der Waals surface area contributed by atoms with E-state index in [2.05, 4.69) is 4.98 Å². The molecule has 0 saturated heterocycles. The SMILES string of the molecule is CN(Cc1cccnc1)Cc1c(N)cccc1F. The van der Waals surface area contributed by atoms with E-state index in [0.717, 1.165) is 5.56 Å². The maximum absolute atomic E-state index is 13.6. The zero-order valence-corrected chi connectivity index (χ0v) is 10.3. The lowest BCUT2D eigenvalue weighted by atomic mass is 10.1. The number of nitrogens with zero attached hydrogens (tertiary/aromatic N) is 2. The van der Waals surface area contributed by atoms with Crippen molar-refractivity contribution in [1.29, 1.82) is 0 Å². The van der Waals surface area contributed by atoms with E-state index in [1.807, 2.05) is 24.1 Å². The summed E-state index contributed by atoms with van der Waals surface area (Å²) in [5, 5.41) is 0. The molecule has 0 spiro atoms. The van der Waals surface area contributed by atoms with Crippen LogP contribution in [-0.2, 0) is 13.1 Å². The van der Waals surface area contributed by atoms with Gasteiger partial charge in [-0.05, 0) is 30.8 Å². The second-order valence-corrected chi connectivity index (χ2v) is 4.34. The van der Waals surface area contributed by atoms with Gasteiger partial charge in [0.2, 0.25) is 0 Å². The van der Waals surface area contributed by atoms with Crippen molar-refractivity contribution in [3.05, 3.63) is 59.7 Å². The molecule has 0 unspecified atom stereocenters. The summed E-state index contributed by atoms with van der Waals surface area (Å²) in [7, 11) is 1.93. The monoisotopic (exact) mass is 245 g/mol. The highest BCUT2D eigenvalue weighted by molar-refractivity contribution is 5.47. The Hall–Kier alpha value is -1.94. The van der Waals surface area contributed by atoms with Gasteiger partial charge in [0.05, 0.1) is 0 Å². The van der Waals surface area contributed by atoms with E-state index in [-0.39, 0.29) is 5.82 Å². The fourth-order valence-electron chi connectivity index (χ4n) is 1.87. The second-order valence-electron chi connectivity index (χ2n) is 4.34. The summed E-state index contributed by atoms with van der Waals surface area (Å²) in [6, 6.07) is 8.66. The summed E-state index contributed by atoms with van der Waals surface area (Å²) in [5.74, 6) is -0.256. The quantitative estimate of drug-likeness (QED) is 0.841. The summed E-state index contributed by atoms with van der Waals surface area (Å²) in [5.41, 5.74) is 7.92. The highest BCUT2D eigenvalue weighted by Crippen LogP contribution is 2.18. The largest absolute Gasteiger partial charge is 0.398 e. The zero-order chi connectivity index (χ0) is 13.0. The lowest BCUT2D eigenvalue weighted by molar-refractivity contribution is 0.314. The fourth-order valence-corrected chi connectivity index (χ4v) is 1.87. The molecular formula is C14H16FN3. The van der Waals surface area contributed by atoms with Crippen LogP contribution in [0.15, 0.2) is 42.7 Å². The first kappa shape index (κ1) is 12.5. The molecule has 2 aromatic rings. The Bertz CT molecular complexity index is 493. The van der Waals surface area contributed by atoms with Gasteiger partial charge in [0, 0.05) is 36.7 Å². The van der Waals surface area contributed by atoms with Gasteiger partial charge >= 0.3 is 0 Å². The van der Waals surface area contributed by atoms with Crippen molar-refractivity contribution in [1.82, 2.24) is 9.88 Å². The Morgan fingerprint density at radius 2 is 2.06 bits per heavy atom. The Morgan fingerprint density at radius 1 is 1.22 bits per heavy atom. The molecule has 3 nitrogen and oxygen atoms in total. The highest BCUT2D eigenvalue weighted by Gasteiger charge is 2.09. The summed E-state index contributed by atoms with van der Waals surface area (Å²) in [4.78, 5) is 6.06. The summed E-state index contributed by atoms with van der Waals surface area (Å²) in [6.45, 7) is 1.19. The predicted molar refractivity (Wildman–Crippen MR) is 70.2 cm³/mol. The van der Waals surface area contributed by atoms with E-state index in [1.54, 1.807) is 24.5 Å². The number of hydrogen-bond acceptors (Lipinski definition) is 3. The third-order valence-electron chi connectivity index (χ3n) is 2.76. The van der Waals surface area contributed by atoms with E-state index in [1.165, 1.54) is 6.07 Å². The number of pyridine rings is 1. The average Bonchev–Trinajstić information content (AvgIpc) is 2.35. The van der Waals surface area contributed by atoms with E-state index in [9.17, 15) is 4.39 Å². The van der Waals surface area contributed by atoms with Crippen molar-refractivity contribution in [2.75, 3.05) is 12.8 Å². The first-order valence-corrected chi connectivity index (χ1v) is 5.77. The number of halogens is 1. The van der Waals surface area contributed by atoms with E-state index < -0.39 is 0 Å². The van der Waals surface area contributed by atoms with Crippen LogP contribution in [0.2, 0.25) is 0 Å². The van der Waals surface area contributed by atoms with Crippen LogP contribution in [0.4, 0.5) is 10.1 Å². The minimum Gasteiger partial charge on any atom is -0.398 e. The maximum atomic E-state index is 13.6. The number of anilines is 1. The Labute approximate surface area is 106 Å². The third kappa shape index (κ3) is 3.05. The van der Waals surface area contributed by atoms with Gasteiger partial charge in [-0.15, -0.1) is 0 Å². The average molecular weight is 245 g/mol. The van der Waals surface area contributed by atoms with Crippen molar-refractivity contribution in [3.63, 3.8) is 0 Å². The molecule has 0 aliphatic rings. The number of benzene rings is 1. The van der Waals surface area contributed by atoms with Crippen LogP contribution in [0.1, 0.15) is 11.1 Å². The number of nitrogens with two attached hydrogens (primary N) is 1. The van der Waals surface area contributed by atoms with Gasteiger partial charge in [0.25, 0.3) is 0 Å². The van der Waals surface area contributed by atoms with Gasteiger partial charge in [0.15, 0.2) is 0 Å². The number of rotatable bonds is 4. The van der Waals surface area contributed by atoms with Crippen LogP contribution >= 0.6 is 0 Å². The molecule has 0 atom stereocenters. The maximum Gasteiger partial charge on any atom is 0.129 e. The third-order valence-corrected chi connectivity index (χ3v) is 2.76. The van der Waals surface area contributed by atoms with Gasteiger partial charge in [-0.25, -0.2) is 4.39 Å². The molecule has 0 radical (unpaired) electrons. The second kappa shape index (κ2) is 5.60. The molecule has 1 aromatic carbocycles.